The molecule has 2 N–H and O–H groups in total. The van der Waals surface area contributed by atoms with Crippen LogP contribution in [0.5, 0.6) is 5.75 Å². The van der Waals surface area contributed by atoms with Crippen LogP contribution in [0.4, 0.5) is 0 Å². The van der Waals surface area contributed by atoms with Gasteiger partial charge >= 0.3 is 0 Å². The van der Waals surface area contributed by atoms with E-state index in [4.69, 9.17) is 15.5 Å². The average molecular weight is 393 g/mol. The van der Waals surface area contributed by atoms with E-state index in [9.17, 15) is 4.79 Å². The molecule has 152 valence electrons. The molecule has 2 heterocycles. The Labute approximate surface area is 171 Å². The normalized spacial score (nSPS) is 19.4. The van der Waals surface area contributed by atoms with E-state index in [1.807, 2.05) is 64.1 Å². The third-order valence-corrected chi connectivity index (χ3v) is 5.71. The summed E-state index contributed by atoms with van der Waals surface area (Å²) in [7, 11) is 0. The van der Waals surface area contributed by atoms with E-state index >= 15 is 0 Å². The van der Waals surface area contributed by atoms with Crippen molar-refractivity contribution in [3.8, 4) is 5.75 Å². The molecule has 4 rings (SSSR count). The molecule has 1 amide bonds. The zero-order valence-electron chi connectivity index (χ0n) is 16.8. The van der Waals surface area contributed by atoms with E-state index in [1.165, 1.54) is 0 Å². The van der Waals surface area contributed by atoms with Gasteiger partial charge in [0.15, 0.2) is 0 Å². The Kier molecular flexibility index (Phi) is 5.81. The van der Waals surface area contributed by atoms with Crippen LogP contribution in [0, 0.1) is 5.92 Å². The lowest BCUT2D eigenvalue weighted by atomic mass is 9.92. The van der Waals surface area contributed by atoms with Crippen LogP contribution in [0.3, 0.4) is 0 Å². The maximum absolute atomic E-state index is 13.2. The van der Waals surface area contributed by atoms with Crippen LogP contribution in [0.1, 0.15) is 25.6 Å². The van der Waals surface area contributed by atoms with Gasteiger partial charge in [0.25, 0.3) is 0 Å². The maximum atomic E-state index is 13.2. The Morgan fingerprint density at radius 2 is 1.93 bits per heavy atom. The highest BCUT2D eigenvalue weighted by Crippen LogP contribution is 2.24. The number of hydrogen-bond acceptors (Lipinski definition) is 4. The first-order valence-corrected chi connectivity index (χ1v) is 10.3. The minimum atomic E-state index is 0.0939. The van der Waals surface area contributed by atoms with E-state index < -0.39 is 0 Å². The number of carbonyl (C=O) groups is 1. The van der Waals surface area contributed by atoms with Gasteiger partial charge in [-0.1, -0.05) is 37.3 Å². The fourth-order valence-corrected chi connectivity index (χ4v) is 4.11. The number of benzene rings is 2. The van der Waals surface area contributed by atoms with E-state index in [0.717, 1.165) is 42.0 Å². The van der Waals surface area contributed by atoms with E-state index in [0.29, 0.717) is 19.1 Å². The van der Waals surface area contributed by atoms with Crippen LogP contribution in [-0.4, -0.2) is 39.5 Å². The summed E-state index contributed by atoms with van der Waals surface area (Å²) in [5.74, 6) is 2.23. The molecule has 0 radical (unpaired) electrons. The number of rotatable bonds is 6. The maximum Gasteiger partial charge on any atom is 0.242 e. The lowest BCUT2D eigenvalue weighted by molar-refractivity contribution is -0.135. The van der Waals surface area contributed by atoms with Crippen LogP contribution >= 0.6 is 0 Å². The Morgan fingerprint density at radius 3 is 2.72 bits per heavy atom. The second kappa shape index (κ2) is 8.66. The largest absolute Gasteiger partial charge is 0.486 e. The summed E-state index contributed by atoms with van der Waals surface area (Å²) in [6.07, 6.45) is 1.99. The summed E-state index contributed by atoms with van der Waals surface area (Å²) < 4.78 is 7.90. The molecule has 29 heavy (non-hydrogen) atoms. The third-order valence-electron chi connectivity index (χ3n) is 5.71. The molecule has 1 saturated heterocycles. The zero-order valence-corrected chi connectivity index (χ0v) is 16.8. The number of likely N-dealkylation sites (tertiary alicyclic amines) is 1. The van der Waals surface area contributed by atoms with Crippen molar-refractivity contribution in [1.82, 2.24) is 14.5 Å². The smallest absolute Gasteiger partial charge is 0.242 e. The lowest BCUT2D eigenvalue weighted by Crippen LogP contribution is -2.50. The van der Waals surface area contributed by atoms with Crippen LogP contribution < -0.4 is 10.5 Å². The molecule has 0 saturated carbocycles. The number of carbonyl (C=O) groups excluding carboxylic acids is 1. The lowest BCUT2D eigenvalue weighted by Gasteiger charge is -2.38. The predicted molar refractivity (Wildman–Crippen MR) is 113 cm³/mol. The van der Waals surface area contributed by atoms with Gasteiger partial charge in [-0.15, -0.1) is 0 Å². The summed E-state index contributed by atoms with van der Waals surface area (Å²) in [5, 5.41) is 0. The van der Waals surface area contributed by atoms with Gasteiger partial charge in [-0.05, 0) is 43.0 Å². The van der Waals surface area contributed by atoms with Crippen LogP contribution in [0.15, 0.2) is 54.6 Å². The molecule has 0 spiro atoms. The van der Waals surface area contributed by atoms with Gasteiger partial charge in [0.1, 0.15) is 24.7 Å². The standard InChI is InChI=1S/C23H28N4O2/c1-17-11-12-26(18(13-17)14-24)23(28)15-27-21-10-6-5-9-20(21)25-22(27)16-29-19-7-3-2-4-8-19/h2-10,17-18H,11-16,24H2,1H3. The van der Waals surface area contributed by atoms with Crippen molar-refractivity contribution in [1.29, 1.82) is 0 Å². The number of piperidine rings is 1. The van der Waals surface area contributed by atoms with Crippen molar-refractivity contribution in [2.45, 2.75) is 39.0 Å². The van der Waals surface area contributed by atoms with Gasteiger partial charge in [-0.2, -0.15) is 0 Å². The summed E-state index contributed by atoms with van der Waals surface area (Å²) >= 11 is 0. The number of para-hydroxylation sites is 3. The summed E-state index contributed by atoms with van der Waals surface area (Å²) in [6, 6.07) is 17.7. The quantitative estimate of drug-likeness (QED) is 0.699. The molecule has 1 aliphatic rings. The van der Waals surface area contributed by atoms with Gasteiger partial charge in [0.2, 0.25) is 5.91 Å². The van der Waals surface area contributed by atoms with E-state index in [1.54, 1.807) is 0 Å². The number of fused-ring (bicyclic) bond motifs is 1. The number of nitrogens with two attached hydrogens (primary N) is 1. The molecular weight excluding hydrogens is 364 g/mol. The molecule has 1 aromatic heterocycles. The SMILES string of the molecule is CC1CCN(C(=O)Cn2c(COc3ccccc3)nc3ccccc32)C(CN)C1. The van der Waals surface area contributed by atoms with Crippen molar-refractivity contribution in [2.24, 2.45) is 11.7 Å². The van der Waals surface area contributed by atoms with Gasteiger partial charge in [0.05, 0.1) is 11.0 Å². The highest BCUT2D eigenvalue weighted by Gasteiger charge is 2.29. The van der Waals surface area contributed by atoms with Crippen LogP contribution in [0.25, 0.3) is 11.0 Å². The fourth-order valence-electron chi connectivity index (χ4n) is 4.11. The second-order valence-corrected chi connectivity index (χ2v) is 7.81. The molecular formula is C23H28N4O2. The molecule has 3 aromatic rings. The summed E-state index contributed by atoms with van der Waals surface area (Å²) in [4.78, 5) is 19.9. The Balaban J connectivity index is 1.57. The Bertz CT molecular complexity index is 969. The van der Waals surface area contributed by atoms with Crippen molar-refractivity contribution in [3.05, 3.63) is 60.4 Å². The number of amides is 1. The highest BCUT2D eigenvalue weighted by atomic mass is 16.5. The minimum Gasteiger partial charge on any atom is -0.486 e. The zero-order chi connectivity index (χ0) is 20.2. The molecule has 2 unspecified atom stereocenters. The molecule has 1 aliphatic heterocycles. The number of aromatic nitrogens is 2. The van der Waals surface area contributed by atoms with E-state index in [-0.39, 0.29) is 18.5 Å². The second-order valence-electron chi connectivity index (χ2n) is 7.81. The van der Waals surface area contributed by atoms with Crippen LogP contribution in [0.2, 0.25) is 0 Å². The number of hydrogen-bond donors (Lipinski definition) is 1. The van der Waals surface area contributed by atoms with Gasteiger partial charge in [-0.25, -0.2) is 4.98 Å². The number of nitrogens with zero attached hydrogens (tertiary/aromatic N) is 3. The molecule has 1 fully saturated rings. The van der Waals surface area contributed by atoms with Crippen molar-refractivity contribution in [3.63, 3.8) is 0 Å². The molecule has 2 atom stereocenters. The topological polar surface area (TPSA) is 73.4 Å². The molecule has 0 aliphatic carbocycles. The first-order valence-electron chi connectivity index (χ1n) is 10.3. The molecule has 0 bridgehead atoms. The summed E-state index contributed by atoms with van der Waals surface area (Å²) in [6.45, 7) is 4.06. The number of imidazole rings is 1. The van der Waals surface area contributed by atoms with Gasteiger partial charge in [-0.3, -0.25) is 4.79 Å². The average Bonchev–Trinajstić information content (AvgIpc) is 3.10. The van der Waals surface area contributed by atoms with E-state index in [2.05, 4.69) is 6.92 Å². The Morgan fingerprint density at radius 1 is 1.17 bits per heavy atom. The third kappa shape index (κ3) is 4.27. The van der Waals surface area contributed by atoms with Gasteiger partial charge < -0.3 is 19.9 Å². The number of ether oxygens (including phenoxy) is 1. The summed E-state index contributed by atoms with van der Waals surface area (Å²) in [5.41, 5.74) is 7.78. The van der Waals surface area contributed by atoms with Crippen LogP contribution in [-0.2, 0) is 17.9 Å². The molecule has 2 aromatic carbocycles. The molecule has 6 nitrogen and oxygen atoms in total. The monoisotopic (exact) mass is 392 g/mol. The Hall–Kier alpha value is -2.86. The first-order chi connectivity index (χ1) is 14.2. The predicted octanol–water partition coefficient (Wildman–Crippen LogP) is 3.20. The van der Waals surface area contributed by atoms with Crippen molar-refractivity contribution >= 4 is 16.9 Å². The minimum absolute atomic E-state index is 0.0939. The van der Waals surface area contributed by atoms with Crippen molar-refractivity contribution in [2.75, 3.05) is 13.1 Å². The first kappa shape index (κ1) is 19.5. The van der Waals surface area contributed by atoms with Crippen molar-refractivity contribution < 1.29 is 9.53 Å². The molecule has 6 heteroatoms. The fraction of sp³-hybridized carbons (Fsp3) is 0.391. The van der Waals surface area contributed by atoms with Gasteiger partial charge in [0, 0.05) is 19.1 Å². The highest BCUT2D eigenvalue weighted by molar-refractivity contribution is 5.81.